The second kappa shape index (κ2) is 5.23. The van der Waals surface area contributed by atoms with Gasteiger partial charge in [0, 0.05) is 24.5 Å². The zero-order valence-electron chi connectivity index (χ0n) is 12.4. The van der Waals surface area contributed by atoms with Gasteiger partial charge in [0.1, 0.15) is 9.71 Å². The maximum atomic E-state index is 12.7. The Hall–Kier alpha value is -1.73. The molecule has 7 heteroatoms. The molecule has 0 spiro atoms. The van der Waals surface area contributed by atoms with Gasteiger partial charge in [0.25, 0.3) is 5.91 Å². The third-order valence-corrected chi connectivity index (χ3v) is 5.23. The summed E-state index contributed by atoms with van der Waals surface area (Å²) in [6.07, 6.45) is 1.60. The summed E-state index contributed by atoms with van der Waals surface area (Å²) in [6, 6.07) is 2.20. The van der Waals surface area contributed by atoms with E-state index in [0.717, 1.165) is 23.3 Å². The molecule has 6 nitrogen and oxygen atoms in total. The standard InChI is InChI=1S/C14H19N5OS/c1-8-6-19(7-10(8)18(2)3)14(20)12-11(15)9-4-5-16-17-13(9)21-12/h4-5,8,10H,6-7,15H2,1-3H3. The molecule has 1 fully saturated rings. The number of nitrogens with zero attached hydrogens (tertiary/aromatic N) is 4. The number of likely N-dealkylation sites (N-methyl/N-ethyl adjacent to an activating group) is 1. The lowest BCUT2D eigenvalue weighted by Gasteiger charge is -2.22. The number of amides is 1. The average Bonchev–Trinajstić information content (AvgIpc) is 3.00. The smallest absolute Gasteiger partial charge is 0.266 e. The summed E-state index contributed by atoms with van der Waals surface area (Å²) in [4.78, 5) is 18.1. The Labute approximate surface area is 127 Å². The van der Waals surface area contributed by atoms with Gasteiger partial charge in [0.2, 0.25) is 0 Å². The van der Waals surface area contributed by atoms with Crippen LogP contribution in [0.25, 0.3) is 10.2 Å². The van der Waals surface area contributed by atoms with Crippen LogP contribution in [-0.4, -0.2) is 59.1 Å². The normalized spacial score (nSPS) is 22.4. The molecule has 112 valence electrons. The quantitative estimate of drug-likeness (QED) is 0.905. The lowest BCUT2D eigenvalue weighted by Crippen LogP contribution is -2.35. The zero-order valence-corrected chi connectivity index (χ0v) is 13.2. The predicted molar refractivity (Wildman–Crippen MR) is 84.4 cm³/mol. The number of thiophene rings is 1. The van der Waals surface area contributed by atoms with Crippen LogP contribution in [0.4, 0.5) is 5.69 Å². The molecule has 1 aliphatic rings. The number of rotatable bonds is 2. The first-order valence-electron chi connectivity index (χ1n) is 6.94. The lowest BCUT2D eigenvalue weighted by atomic mass is 10.1. The molecule has 2 aromatic heterocycles. The number of hydrogen-bond acceptors (Lipinski definition) is 6. The van der Waals surface area contributed by atoms with Crippen LogP contribution in [0.1, 0.15) is 16.6 Å². The van der Waals surface area contributed by atoms with E-state index in [2.05, 4.69) is 36.1 Å². The van der Waals surface area contributed by atoms with E-state index in [4.69, 9.17) is 5.73 Å². The van der Waals surface area contributed by atoms with Crippen molar-refractivity contribution >= 4 is 33.1 Å². The van der Waals surface area contributed by atoms with Crippen LogP contribution in [0.5, 0.6) is 0 Å². The van der Waals surface area contributed by atoms with Gasteiger partial charge in [0.05, 0.1) is 11.9 Å². The van der Waals surface area contributed by atoms with Crippen LogP contribution in [0.15, 0.2) is 12.3 Å². The van der Waals surface area contributed by atoms with Gasteiger partial charge >= 0.3 is 0 Å². The molecule has 3 rings (SSSR count). The number of carbonyl (C=O) groups excluding carboxylic acids is 1. The molecule has 0 bridgehead atoms. The molecule has 2 atom stereocenters. The van der Waals surface area contributed by atoms with Crippen LogP contribution in [0, 0.1) is 5.92 Å². The van der Waals surface area contributed by atoms with Crippen molar-refractivity contribution in [1.29, 1.82) is 0 Å². The number of likely N-dealkylation sites (tertiary alicyclic amines) is 1. The molecule has 21 heavy (non-hydrogen) atoms. The van der Waals surface area contributed by atoms with Gasteiger partial charge in [-0.15, -0.1) is 16.4 Å². The molecule has 2 N–H and O–H groups in total. The van der Waals surface area contributed by atoms with Gasteiger partial charge in [-0.3, -0.25) is 4.79 Å². The van der Waals surface area contributed by atoms with Crippen LogP contribution >= 0.6 is 11.3 Å². The SMILES string of the molecule is CC1CN(C(=O)c2sc3nnccc3c2N)CC1N(C)C. The Morgan fingerprint density at radius 1 is 1.48 bits per heavy atom. The van der Waals surface area contributed by atoms with E-state index in [9.17, 15) is 4.79 Å². The number of hydrogen-bond donors (Lipinski definition) is 1. The van der Waals surface area contributed by atoms with Crippen molar-refractivity contribution in [3.8, 4) is 0 Å². The predicted octanol–water partition coefficient (Wildman–Crippen LogP) is 1.30. The highest BCUT2D eigenvalue weighted by Gasteiger charge is 2.35. The molecule has 1 aliphatic heterocycles. The number of aromatic nitrogens is 2. The molecule has 0 radical (unpaired) electrons. The van der Waals surface area contributed by atoms with E-state index in [1.165, 1.54) is 11.3 Å². The van der Waals surface area contributed by atoms with Crippen molar-refractivity contribution in [2.75, 3.05) is 32.9 Å². The fraction of sp³-hybridized carbons (Fsp3) is 0.500. The summed E-state index contributed by atoms with van der Waals surface area (Å²) >= 11 is 1.33. The molecule has 3 heterocycles. The largest absolute Gasteiger partial charge is 0.397 e. The molecular formula is C14H19N5OS. The number of nitrogens with two attached hydrogens (primary N) is 1. The Bertz CT molecular complexity index is 683. The second-order valence-corrected chi connectivity index (χ2v) is 6.81. The fourth-order valence-corrected chi connectivity index (χ4v) is 3.97. The first-order chi connectivity index (χ1) is 9.99. The van der Waals surface area contributed by atoms with Crippen LogP contribution in [-0.2, 0) is 0 Å². The number of carbonyl (C=O) groups is 1. The van der Waals surface area contributed by atoms with Gasteiger partial charge < -0.3 is 15.5 Å². The van der Waals surface area contributed by atoms with Crippen LogP contribution < -0.4 is 5.73 Å². The molecular weight excluding hydrogens is 286 g/mol. The minimum atomic E-state index is 0.00620. The van der Waals surface area contributed by atoms with E-state index in [1.54, 1.807) is 12.3 Å². The highest BCUT2D eigenvalue weighted by atomic mass is 32.1. The number of anilines is 1. The third kappa shape index (κ3) is 2.36. The molecule has 0 aliphatic carbocycles. The molecule has 1 amide bonds. The van der Waals surface area contributed by atoms with Crippen molar-refractivity contribution in [3.05, 3.63) is 17.1 Å². The Morgan fingerprint density at radius 2 is 2.24 bits per heavy atom. The zero-order chi connectivity index (χ0) is 15.1. The molecule has 0 aromatic carbocycles. The van der Waals surface area contributed by atoms with Crippen molar-refractivity contribution in [2.24, 2.45) is 5.92 Å². The third-order valence-electron chi connectivity index (χ3n) is 4.14. The summed E-state index contributed by atoms with van der Waals surface area (Å²) in [6.45, 7) is 3.69. The van der Waals surface area contributed by atoms with Crippen molar-refractivity contribution in [1.82, 2.24) is 20.0 Å². The molecule has 2 aromatic rings. The average molecular weight is 305 g/mol. The topological polar surface area (TPSA) is 75.3 Å². The van der Waals surface area contributed by atoms with E-state index in [0.29, 0.717) is 22.5 Å². The van der Waals surface area contributed by atoms with E-state index < -0.39 is 0 Å². The highest BCUT2D eigenvalue weighted by Crippen LogP contribution is 2.33. The molecule has 2 unspecified atom stereocenters. The minimum Gasteiger partial charge on any atom is -0.397 e. The van der Waals surface area contributed by atoms with Crippen molar-refractivity contribution < 1.29 is 4.79 Å². The maximum absolute atomic E-state index is 12.7. The van der Waals surface area contributed by atoms with E-state index in [-0.39, 0.29) is 5.91 Å². The van der Waals surface area contributed by atoms with Gasteiger partial charge in [-0.25, -0.2) is 0 Å². The summed E-state index contributed by atoms with van der Waals surface area (Å²) in [5.41, 5.74) is 6.65. The summed E-state index contributed by atoms with van der Waals surface area (Å²) < 4.78 is 0. The second-order valence-electron chi connectivity index (χ2n) is 5.81. The van der Waals surface area contributed by atoms with Gasteiger partial charge in [-0.2, -0.15) is 5.10 Å². The van der Waals surface area contributed by atoms with Gasteiger partial charge in [-0.05, 0) is 26.1 Å². The molecule has 0 saturated carbocycles. The summed E-state index contributed by atoms with van der Waals surface area (Å²) in [5, 5.41) is 8.70. The maximum Gasteiger partial charge on any atom is 0.266 e. The van der Waals surface area contributed by atoms with Crippen LogP contribution in [0.2, 0.25) is 0 Å². The monoisotopic (exact) mass is 305 g/mol. The van der Waals surface area contributed by atoms with Crippen molar-refractivity contribution in [3.63, 3.8) is 0 Å². The first kappa shape index (κ1) is 14.2. The molecule has 1 saturated heterocycles. The Balaban J connectivity index is 1.90. The van der Waals surface area contributed by atoms with E-state index in [1.807, 2.05) is 4.90 Å². The summed E-state index contributed by atoms with van der Waals surface area (Å²) in [5.74, 6) is 0.464. The first-order valence-corrected chi connectivity index (χ1v) is 7.76. The number of nitrogen functional groups attached to an aromatic ring is 1. The van der Waals surface area contributed by atoms with Gasteiger partial charge in [-0.1, -0.05) is 6.92 Å². The van der Waals surface area contributed by atoms with Gasteiger partial charge in [0.15, 0.2) is 0 Å². The Kier molecular flexibility index (Phi) is 3.54. The fourth-order valence-electron chi connectivity index (χ4n) is 2.96. The van der Waals surface area contributed by atoms with E-state index >= 15 is 0 Å². The van der Waals surface area contributed by atoms with Crippen molar-refractivity contribution in [2.45, 2.75) is 13.0 Å². The highest BCUT2D eigenvalue weighted by molar-refractivity contribution is 7.21. The number of fused-ring (bicyclic) bond motifs is 1. The lowest BCUT2D eigenvalue weighted by molar-refractivity contribution is 0.0787. The van der Waals surface area contributed by atoms with Crippen LogP contribution in [0.3, 0.4) is 0 Å². The summed E-state index contributed by atoms with van der Waals surface area (Å²) in [7, 11) is 4.11. The Morgan fingerprint density at radius 3 is 2.86 bits per heavy atom. The minimum absolute atomic E-state index is 0.00620.